The zero-order chi connectivity index (χ0) is 37.0. The lowest BCUT2D eigenvalue weighted by atomic mass is 9.40. The van der Waals surface area contributed by atoms with E-state index in [1.54, 1.807) is 58.0 Å². The molecule has 1 heterocycles. The first-order valence-electron chi connectivity index (χ1n) is 17.0. The van der Waals surface area contributed by atoms with Crippen LogP contribution in [0.5, 0.6) is 0 Å². The lowest BCUT2D eigenvalue weighted by Crippen LogP contribution is -2.75. The monoisotopic (exact) mass is 695 g/mol. The predicted octanol–water partition coefficient (Wildman–Crippen LogP) is 1.33. The Hall–Kier alpha value is -3.43. The molecule has 11 atom stereocenters. The van der Waals surface area contributed by atoms with Crippen molar-refractivity contribution < 1.29 is 53.1 Å². The number of fused-ring (bicyclic) bond motifs is 5. The molecule has 4 aliphatic rings. The summed E-state index contributed by atoms with van der Waals surface area (Å²) in [5.74, 6) is -4.46. The average molecular weight is 696 g/mol. The van der Waals surface area contributed by atoms with Crippen molar-refractivity contribution in [3.05, 3.63) is 47.0 Å². The van der Waals surface area contributed by atoms with Gasteiger partial charge in [0.15, 0.2) is 11.9 Å². The van der Waals surface area contributed by atoms with Crippen LogP contribution in [0.25, 0.3) is 0 Å². The number of esters is 3. The van der Waals surface area contributed by atoms with Gasteiger partial charge in [-0.25, -0.2) is 4.79 Å². The number of nitrogens with two attached hydrogens (primary N) is 1. The largest absolute Gasteiger partial charge is 0.455 e. The maximum atomic E-state index is 14.9. The molecule has 0 unspecified atom stereocenters. The van der Waals surface area contributed by atoms with E-state index >= 15 is 0 Å². The van der Waals surface area contributed by atoms with Gasteiger partial charge in [0.05, 0.1) is 48.6 Å². The molecular weight excluding hydrogens is 647 g/mol. The molecule has 5 N–H and O–H groups in total. The molecule has 0 amide bonds. The van der Waals surface area contributed by atoms with Crippen LogP contribution < -0.4 is 11.0 Å². The van der Waals surface area contributed by atoms with Crippen molar-refractivity contribution in [2.45, 2.75) is 103 Å². The Morgan fingerprint density at radius 2 is 1.82 bits per heavy atom. The lowest BCUT2D eigenvalue weighted by Gasteiger charge is -2.68. The van der Waals surface area contributed by atoms with Crippen LogP contribution in [0, 0.1) is 28.1 Å². The number of aliphatic hydroxyl groups is 2. The quantitative estimate of drug-likeness (QED) is 0.0899. The van der Waals surface area contributed by atoms with Crippen molar-refractivity contribution in [2.24, 2.45) is 33.8 Å². The molecule has 3 aliphatic carbocycles. The number of hydrogen-bond donors (Lipinski definition) is 4. The number of carbonyl (C=O) groups excluding carboxylic acids is 5. The molecule has 13 nitrogen and oxygen atoms in total. The fourth-order valence-electron chi connectivity index (χ4n) is 9.63. The number of benzene rings is 1. The first-order chi connectivity index (χ1) is 23.4. The second kappa shape index (κ2) is 13.6. The van der Waals surface area contributed by atoms with Crippen LogP contribution in [-0.2, 0) is 42.9 Å². The summed E-state index contributed by atoms with van der Waals surface area (Å²) in [4.78, 5) is 65.7. The van der Waals surface area contributed by atoms with Gasteiger partial charge in [-0.3, -0.25) is 14.4 Å². The molecule has 0 aromatic heterocycles. The molecular formula is C36H48BN2O11. The van der Waals surface area contributed by atoms with E-state index in [4.69, 9.17) is 24.7 Å². The van der Waals surface area contributed by atoms with Gasteiger partial charge >= 0.3 is 17.9 Å². The van der Waals surface area contributed by atoms with Crippen LogP contribution in [-0.4, -0.2) is 96.8 Å². The highest BCUT2D eigenvalue weighted by molar-refractivity contribution is 6.64. The Kier molecular flexibility index (Phi) is 10.3. The van der Waals surface area contributed by atoms with E-state index in [9.17, 15) is 34.2 Å². The summed E-state index contributed by atoms with van der Waals surface area (Å²) in [6.07, 6.45) is -5.28. The van der Waals surface area contributed by atoms with Crippen LogP contribution in [0.1, 0.15) is 72.9 Å². The van der Waals surface area contributed by atoms with Gasteiger partial charge in [-0.15, -0.1) is 0 Å². The molecule has 1 aromatic rings. The van der Waals surface area contributed by atoms with Crippen molar-refractivity contribution in [1.29, 1.82) is 0 Å². The van der Waals surface area contributed by atoms with Gasteiger partial charge in [0.1, 0.15) is 6.10 Å². The van der Waals surface area contributed by atoms with E-state index in [1.807, 2.05) is 13.8 Å². The van der Waals surface area contributed by atoms with E-state index in [1.165, 1.54) is 6.92 Å². The number of ether oxygens (including phenoxy) is 4. The summed E-state index contributed by atoms with van der Waals surface area (Å²) in [5.41, 5.74) is 1.75. The molecule has 1 aliphatic heterocycles. The van der Waals surface area contributed by atoms with Gasteiger partial charge in [0.2, 0.25) is 6.10 Å². The van der Waals surface area contributed by atoms with Gasteiger partial charge < -0.3 is 44.9 Å². The summed E-state index contributed by atoms with van der Waals surface area (Å²) in [7, 11) is 1.07. The highest BCUT2D eigenvalue weighted by Gasteiger charge is 2.73. The topological polar surface area (TPSA) is 201 Å². The zero-order valence-electron chi connectivity index (χ0n) is 29.6. The van der Waals surface area contributed by atoms with Gasteiger partial charge in [0, 0.05) is 30.6 Å². The van der Waals surface area contributed by atoms with Crippen molar-refractivity contribution >= 4 is 37.3 Å². The van der Waals surface area contributed by atoms with Gasteiger partial charge in [-0.05, 0) is 42.4 Å². The molecule has 2 bridgehead atoms. The van der Waals surface area contributed by atoms with Crippen LogP contribution in [0.4, 0.5) is 0 Å². The zero-order valence-corrected chi connectivity index (χ0v) is 29.6. The van der Waals surface area contributed by atoms with Crippen molar-refractivity contribution in [1.82, 2.24) is 5.23 Å². The maximum absolute atomic E-state index is 14.9. The summed E-state index contributed by atoms with van der Waals surface area (Å²) < 4.78 is 23.4. The first kappa shape index (κ1) is 37.8. The van der Waals surface area contributed by atoms with Crippen molar-refractivity contribution in [3.8, 4) is 0 Å². The van der Waals surface area contributed by atoms with Crippen LogP contribution in [0.3, 0.4) is 0 Å². The third-order valence-electron chi connectivity index (χ3n) is 12.3. The molecule has 0 spiro atoms. The summed E-state index contributed by atoms with van der Waals surface area (Å²) >= 11 is 0. The molecule has 1 aromatic carbocycles. The molecule has 14 heteroatoms. The van der Waals surface area contributed by atoms with E-state index < -0.39 is 94.4 Å². The second-order valence-corrected chi connectivity index (χ2v) is 15.2. The number of hydrogen-bond acceptors (Lipinski definition) is 13. The van der Waals surface area contributed by atoms with Crippen LogP contribution in [0.15, 0.2) is 41.5 Å². The van der Waals surface area contributed by atoms with E-state index in [2.05, 4.69) is 5.23 Å². The molecule has 50 heavy (non-hydrogen) atoms. The van der Waals surface area contributed by atoms with Gasteiger partial charge in [-0.1, -0.05) is 58.0 Å². The third-order valence-corrected chi connectivity index (χ3v) is 12.3. The molecule has 3 fully saturated rings. The Morgan fingerprint density at radius 1 is 1.16 bits per heavy atom. The third kappa shape index (κ3) is 5.82. The second-order valence-electron chi connectivity index (χ2n) is 15.2. The predicted molar refractivity (Wildman–Crippen MR) is 179 cm³/mol. The number of rotatable bonds is 10. The first-order valence-corrected chi connectivity index (χ1v) is 17.0. The van der Waals surface area contributed by atoms with E-state index in [0.717, 1.165) is 7.41 Å². The molecule has 1 radical (unpaired) electrons. The van der Waals surface area contributed by atoms with E-state index in [0.29, 0.717) is 23.9 Å². The molecule has 2 saturated carbocycles. The normalized spacial score (nSPS) is 37.0. The Balaban J connectivity index is 1.65. The van der Waals surface area contributed by atoms with Gasteiger partial charge in [-0.2, -0.15) is 0 Å². The number of nitrogens with one attached hydrogen (secondary N) is 1. The minimum atomic E-state index is -1.69. The lowest BCUT2D eigenvalue weighted by molar-refractivity contribution is -0.302. The van der Waals surface area contributed by atoms with Crippen molar-refractivity contribution in [2.75, 3.05) is 13.2 Å². The molecule has 1 saturated heterocycles. The molecule has 5 rings (SSSR count). The summed E-state index contributed by atoms with van der Waals surface area (Å²) in [6.45, 7) is 11.7. The van der Waals surface area contributed by atoms with E-state index in [-0.39, 0.29) is 24.5 Å². The van der Waals surface area contributed by atoms with Crippen molar-refractivity contribution in [3.63, 3.8) is 0 Å². The highest BCUT2D eigenvalue weighted by atomic mass is 16.6. The molecule has 271 valence electrons. The fraction of sp³-hybridized carbons (Fsp3) is 0.639. The highest BCUT2D eigenvalue weighted by Crippen LogP contribution is 2.67. The Labute approximate surface area is 292 Å². The number of carbonyl (C=O) groups is 5. The summed E-state index contributed by atoms with van der Waals surface area (Å²) in [6, 6.07) is 7.45. The maximum Gasteiger partial charge on any atom is 0.350 e. The minimum absolute atomic E-state index is 0.130. The smallest absolute Gasteiger partial charge is 0.350 e. The SMILES string of the molecule is CC(=O)O[C@H]1C(=O)[C@@]2(C)[C@H]([C@H](C)[C@]3(O)C[C@H](OC(=O)[C@H](OC(=O)CN)[C@@H](N[B]C=O)c4ccccc4)C(C)=C1C3(C)C)[C@]1(C)CO[C@@H]1C[C@@H]2O. The average Bonchev–Trinajstić information content (AvgIpc) is 3.06. The number of ketones is 1. The van der Waals surface area contributed by atoms with Crippen LogP contribution >= 0.6 is 0 Å². The number of Topliss-reactive ketones (excluding diaryl/α,β-unsaturated/α-hetero) is 1. The van der Waals surface area contributed by atoms with Gasteiger partial charge in [0.25, 0.3) is 7.41 Å². The van der Waals surface area contributed by atoms with Crippen LogP contribution in [0.2, 0.25) is 0 Å². The summed E-state index contributed by atoms with van der Waals surface area (Å²) in [5, 5.41) is 27.5. The number of aliphatic hydroxyl groups excluding tert-OH is 1. The standard InChI is InChI=1S/C36H48BN2O11/c1-18-22(49-32(45)29(50-25(43)15-38)27(39-37-17-40)21-11-9-8-10-12-21)14-36(46)19(2)30-34(6)16-47-24(34)13-23(42)35(30,7)31(44)28(48-20(3)41)26(18)33(36,4)5/h8-12,17,19,22-24,27-30,39,42,46H,13-16,38H2,1-7H3/t19-,22-,23-,24+,27-,28+,29+,30+,34+,35+,36+/m0/s1. The Morgan fingerprint density at radius 3 is 2.38 bits per heavy atom. The fourth-order valence-corrected chi connectivity index (χ4v) is 9.63. The minimum Gasteiger partial charge on any atom is -0.455 e. The Bertz CT molecular complexity index is 1570.